The van der Waals surface area contributed by atoms with Gasteiger partial charge in [0.25, 0.3) is 0 Å². The number of unbranched alkanes of at least 4 members (excludes halogenated alkanes) is 1. The number of benzene rings is 1. The average Bonchev–Trinajstić information content (AvgIpc) is 2.35. The molecule has 1 fully saturated rings. The van der Waals surface area contributed by atoms with Crippen LogP contribution < -0.4 is 5.32 Å². The van der Waals surface area contributed by atoms with Gasteiger partial charge in [0.05, 0.1) is 0 Å². The maximum atomic E-state index is 10.5. The van der Waals surface area contributed by atoms with Crippen LogP contribution in [0, 0.1) is 5.92 Å². The van der Waals surface area contributed by atoms with Crippen molar-refractivity contribution in [2.45, 2.75) is 44.6 Å². The van der Waals surface area contributed by atoms with E-state index in [-0.39, 0.29) is 6.42 Å². The lowest BCUT2D eigenvalue weighted by Crippen LogP contribution is -2.32. The minimum Gasteiger partial charge on any atom is -0.481 e. The molecule has 1 aliphatic carbocycles. The molecule has 2 N–H and O–H groups in total. The molecule has 0 aliphatic heterocycles. The highest BCUT2D eigenvalue weighted by atomic mass is 35.5. The van der Waals surface area contributed by atoms with Gasteiger partial charge in [-0.2, -0.15) is 0 Å². The zero-order chi connectivity index (χ0) is 14.4. The Morgan fingerprint density at radius 1 is 1.30 bits per heavy atom. The standard InChI is InChI=1S/C16H22ClNO2/c17-14-9-7-13(8-10-14)16(12-4-3-5-12)18-11-2-1-6-15(19)20/h7-10,12,16,18H,1-6,11H2,(H,19,20). The van der Waals surface area contributed by atoms with Crippen LogP contribution in [0.5, 0.6) is 0 Å². The van der Waals surface area contributed by atoms with Crippen LogP contribution in [-0.2, 0) is 4.79 Å². The molecule has 0 saturated heterocycles. The Morgan fingerprint density at radius 3 is 2.55 bits per heavy atom. The Morgan fingerprint density at radius 2 is 2.00 bits per heavy atom. The minimum atomic E-state index is -0.710. The summed E-state index contributed by atoms with van der Waals surface area (Å²) in [6.45, 7) is 0.872. The van der Waals surface area contributed by atoms with Gasteiger partial charge in [-0.15, -0.1) is 0 Å². The molecule has 1 aliphatic rings. The SMILES string of the molecule is O=C(O)CCCCNC(c1ccc(Cl)cc1)C1CCC1. The van der Waals surface area contributed by atoms with Gasteiger partial charge in [0, 0.05) is 17.5 Å². The number of rotatable bonds is 8. The second-order valence-corrected chi connectivity index (χ2v) is 5.96. The first-order valence-corrected chi connectivity index (χ1v) is 7.75. The summed E-state index contributed by atoms with van der Waals surface area (Å²) in [4.78, 5) is 10.5. The molecular formula is C16H22ClNO2. The fraction of sp³-hybridized carbons (Fsp3) is 0.562. The van der Waals surface area contributed by atoms with Crippen LogP contribution in [0.4, 0.5) is 0 Å². The van der Waals surface area contributed by atoms with Crippen LogP contribution in [0.1, 0.15) is 50.1 Å². The van der Waals surface area contributed by atoms with E-state index in [0.29, 0.717) is 12.0 Å². The fourth-order valence-corrected chi connectivity index (χ4v) is 2.78. The van der Waals surface area contributed by atoms with Crippen molar-refractivity contribution in [1.29, 1.82) is 0 Å². The Hall–Kier alpha value is -1.06. The highest BCUT2D eigenvalue weighted by molar-refractivity contribution is 6.30. The first-order valence-electron chi connectivity index (χ1n) is 7.37. The third kappa shape index (κ3) is 4.50. The number of nitrogens with one attached hydrogen (secondary N) is 1. The summed E-state index contributed by atoms with van der Waals surface area (Å²) in [6, 6.07) is 8.44. The van der Waals surface area contributed by atoms with Crippen molar-refractivity contribution in [3.8, 4) is 0 Å². The summed E-state index contributed by atoms with van der Waals surface area (Å²) < 4.78 is 0. The maximum absolute atomic E-state index is 10.5. The van der Waals surface area contributed by atoms with Crippen molar-refractivity contribution in [2.24, 2.45) is 5.92 Å². The summed E-state index contributed by atoms with van der Waals surface area (Å²) in [7, 11) is 0. The van der Waals surface area contributed by atoms with E-state index in [4.69, 9.17) is 16.7 Å². The van der Waals surface area contributed by atoms with Crippen molar-refractivity contribution in [3.05, 3.63) is 34.9 Å². The van der Waals surface area contributed by atoms with Gasteiger partial charge in [0.1, 0.15) is 0 Å². The quantitative estimate of drug-likeness (QED) is 0.712. The van der Waals surface area contributed by atoms with Gasteiger partial charge >= 0.3 is 5.97 Å². The summed E-state index contributed by atoms with van der Waals surface area (Å²) in [5.74, 6) is -0.00565. The number of aliphatic carboxylic acids is 1. The smallest absolute Gasteiger partial charge is 0.303 e. The molecule has 20 heavy (non-hydrogen) atoms. The molecule has 1 aromatic carbocycles. The van der Waals surface area contributed by atoms with Gasteiger partial charge < -0.3 is 10.4 Å². The monoisotopic (exact) mass is 295 g/mol. The second-order valence-electron chi connectivity index (χ2n) is 5.53. The zero-order valence-corrected chi connectivity index (χ0v) is 12.4. The molecule has 1 aromatic rings. The predicted octanol–water partition coefficient (Wildman–Crippen LogP) is 4.03. The number of carbonyl (C=O) groups is 1. The van der Waals surface area contributed by atoms with Crippen LogP contribution in [0.25, 0.3) is 0 Å². The number of halogens is 1. The van der Waals surface area contributed by atoms with E-state index >= 15 is 0 Å². The van der Waals surface area contributed by atoms with Crippen molar-refractivity contribution in [1.82, 2.24) is 5.32 Å². The molecule has 0 bridgehead atoms. The lowest BCUT2D eigenvalue weighted by Gasteiger charge is -2.35. The van der Waals surface area contributed by atoms with E-state index in [1.165, 1.54) is 24.8 Å². The summed E-state index contributed by atoms with van der Waals surface area (Å²) in [5, 5.41) is 13.0. The van der Waals surface area contributed by atoms with Crippen molar-refractivity contribution in [2.75, 3.05) is 6.54 Å². The Bertz CT molecular complexity index is 429. The maximum Gasteiger partial charge on any atom is 0.303 e. The topological polar surface area (TPSA) is 49.3 Å². The number of carboxylic acid groups (broad SMARTS) is 1. The summed E-state index contributed by atoms with van der Waals surface area (Å²) in [6.07, 6.45) is 5.76. The Balaban J connectivity index is 1.84. The number of hydrogen-bond acceptors (Lipinski definition) is 2. The third-order valence-electron chi connectivity index (χ3n) is 4.03. The lowest BCUT2D eigenvalue weighted by molar-refractivity contribution is -0.137. The summed E-state index contributed by atoms with van der Waals surface area (Å²) in [5.41, 5.74) is 1.29. The number of hydrogen-bond donors (Lipinski definition) is 2. The number of carboxylic acids is 1. The van der Waals surface area contributed by atoms with E-state index in [2.05, 4.69) is 17.4 Å². The second kappa shape index (κ2) is 7.65. The first-order chi connectivity index (χ1) is 9.66. The molecule has 1 saturated carbocycles. The molecule has 0 spiro atoms. The molecular weight excluding hydrogens is 274 g/mol. The lowest BCUT2D eigenvalue weighted by atomic mass is 9.77. The van der Waals surface area contributed by atoms with Gasteiger partial charge in [0.2, 0.25) is 0 Å². The highest BCUT2D eigenvalue weighted by Crippen LogP contribution is 2.37. The van der Waals surface area contributed by atoms with Gasteiger partial charge in [-0.3, -0.25) is 4.79 Å². The largest absolute Gasteiger partial charge is 0.481 e. The van der Waals surface area contributed by atoms with E-state index in [9.17, 15) is 4.79 Å². The van der Waals surface area contributed by atoms with Crippen molar-refractivity contribution >= 4 is 17.6 Å². The Kier molecular flexibility index (Phi) is 5.86. The normalized spacial score (nSPS) is 16.6. The molecule has 4 heteroatoms. The van der Waals surface area contributed by atoms with Crippen LogP contribution in [-0.4, -0.2) is 17.6 Å². The van der Waals surface area contributed by atoms with Crippen LogP contribution >= 0.6 is 11.6 Å². The van der Waals surface area contributed by atoms with Crippen LogP contribution in [0.2, 0.25) is 5.02 Å². The summed E-state index contributed by atoms with van der Waals surface area (Å²) >= 11 is 5.94. The van der Waals surface area contributed by atoms with Crippen LogP contribution in [0.3, 0.4) is 0 Å². The fourth-order valence-electron chi connectivity index (χ4n) is 2.66. The van der Waals surface area contributed by atoms with E-state index in [1.54, 1.807) is 0 Å². The van der Waals surface area contributed by atoms with Gasteiger partial charge in [0.15, 0.2) is 0 Å². The third-order valence-corrected chi connectivity index (χ3v) is 4.28. The molecule has 0 amide bonds. The van der Waals surface area contributed by atoms with Crippen molar-refractivity contribution < 1.29 is 9.90 Å². The van der Waals surface area contributed by atoms with E-state index in [1.807, 2.05) is 12.1 Å². The van der Waals surface area contributed by atoms with Gasteiger partial charge in [-0.25, -0.2) is 0 Å². The Labute approximate surface area is 125 Å². The molecule has 2 rings (SSSR count). The van der Waals surface area contributed by atoms with E-state index in [0.717, 1.165) is 24.4 Å². The highest BCUT2D eigenvalue weighted by Gasteiger charge is 2.27. The van der Waals surface area contributed by atoms with Crippen molar-refractivity contribution in [3.63, 3.8) is 0 Å². The molecule has 1 unspecified atom stereocenters. The molecule has 110 valence electrons. The molecule has 0 radical (unpaired) electrons. The molecule has 3 nitrogen and oxygen atoms in total. The van der Waals surface area contributed by atoms with E-state index < -0.39 is 5.97 Å². The predicted molar refractivity (Wildman–Crippen MR) is 81.0 cm³/mol. The first kappa shape index (κ1) is 15.3. The molecule has 0 aromatic heterocycles. The average molecular weight is 296 g/mol. The zero-order valence-electron chi connectivity index (χ0n) is 11.6. The minimum absolute atomic E-state index is 0.261. The molecule has 1 atom stereocenters. The van der Waals surface area contributed by atoms with Gasteiger partial charge in [-0.1, -0.05) is 30.2 Å². The molecule has 0 heterocycles. The van der Waals surface area contributed by atoms with Crippen LogP contribution in [0.15, 0.2) is 24.3 Å². The van der Waals surface area contributed by atoms with Gasteiger partial charge in [-0.05, 0) is 55.8 Å².